The quantitative estimate of drug-likeness (QED) is 0.892. The molecule has 2 aliphatic rings. The molecule has 5 nitrogen and oxygen atoms in total. The highest BCUT2D eigenvalue weighted by atomic mass is 32.1. The summed E-state index contributed by atoms with van der Waals surface area (Å²) in [6.07, 6.45) is 0.562. The van der Waals surface area contributed by atoms with E-state index in [2.05, 4.69) is 27.0 Å². The zero-order valence-corrected chi connectivity index (χ0v) is 13.1. The lowest BCUT2D eigenvalue weighted by atomic mass is 10.2. The first-order valence-electron chi connectivity index (χ1n) is 7.65. The molecule has 6 heteroatoms. The number of hydrogen-bond acceptors (Lipinski definition) is 5. The van der Waals surface area contributed by atoms with Crippen molar-refractivity contribution in [2.24, 2.45) is 0 Å². The molecule has 0 radical (unpaired) electrons. The monoisotopic (exact) mass is 309 g/mol. The van der Waals surface area contributed by atoms with Gasteiger partial charge in [-0.1, -0.05) is 0 Å². The Labute approximate surface area is 129 Å². The van der Waals surface area contributed by atoms with E-state index in [1.54, 1.807) is 11.3 Å². The van der Waals surface area contributed by atoms with Crippen molar-refractivity contribution in [2.75, 3.05) is 45.9 Å². The van der Waals surface area contributed by atoms with Gasteiger partial charge in [0.15, 0.2) is 0 Å². The van der Waals surface area contributed by atoms with E-state index in [0.717, 1.165) is 45.8 Å². The van der Waals surface area contributed by atoms with Gasteiger partial charge >= 0.3 is 0 Å². The molecule has 0 saturated carbocycles. The Morgan fingerprint density at radius 2 is 2.24 bits per heavy atom. The summed E-state index contributed by atoms with van der Waals surface area (Å²) in [7, 11) is 0. The van der Waals surface area contributed by atoms with E-state index in [1.165, 1.54) is 5.56 Å². The van der Waals surface area contributed by atoms with Crippen molar-refractivity contribution in [3.8, 4) is 0 Å². The molecule has 2 aliphatic heterocycles. The SMILES string of the molecule is O=C(CC1CNCCO1)N1CCN(Cc2ccsc2)CC1. The van der Waals surface area contributed by atoms with E-state index < -0.39 is 0 Å². The maximum absolute atomic E-state index is 12.3. The molecule has 3 heterocycles. The smallest absolute Gasteiger partial charge is 0.225 e. The molecule has 0 bridgehead atoms. The van der Waals surface area contributed by atoms with Crippen molar-refractivity contribution in [1.82, 2.24) is 15.1 Å². The fourth-order valence-corrected chi connectivity index (χ4v) is 3.53. The Morgan fingerprint density at radius 3 is 2.90 bits per heavy atom. The van der Waals surface area contributed by atoms with Crippen LogP contribution in [0.5, 0.6) is 0 Å². The standard InChI is InChI=1S/C15H23N3O2S/c19-15(9-14-10-16-2-7-20-14)18-5-3-17(4-6-18)11-13-1-8-21-12-13/h1,8,12,14,16H,2-7,9-11H2. The highest BCUT2D eigenvalue weighted by Gasteiger charge is 2.24. The summed E-state index contributed by atoms with van der Waals surface area (Å²) < 4.78 is 5.61. The molecular formula is C15H23N3O2S. The number of thiophene rings is 1. The fraction of sp³-hybridized carbons (Fsp3) is 0.667. The first-order chi connectivity index (χ1) is 10.3. The Hall–Kier alpha value is -0.950. The Balaban J connectivity index is 1.41. The summed E-state index contributed by atoms with van der Waals surface area (Å²) in [5.74, 6) is 0.235. The summed E-state index contributed by atoms with van der Waals surface area (Å²) >= 11 is 1.74. The molecule has 1 aromatic rings. The first-order valence-corrected chi connectivity index (χ1v) is 8.59. The van der Waals surface area contributed by atoms with Crippen molar-refractivity contribution in [2.45, 2.75) is 19.1 Å². The highest BCUT2D eigenvalue weighted by molar-refractivity contribution is 7.07. The van der Waals surface area contributed by atoms with E-state index in [-0.39, 0.29) is 12.0 Å². The fourth-order valence-electron chi connectivity index (χ4n) is 2.87. The zero-order chi connectivity index (χ0) is 14.5. The lowest BCUT2D eigenvalue weighted by Gasteiger charge is -2.35. The van der Waals surface area contributed by atoms with Gasteiger partial charge in [-0.05, 0) is 22.4 Å². The minimum Gasteiger partial charge on any atom is -0.375 e. The Bertz CT molecular complexity index is 438. The molecule has 1 aromatic heterocycles. The summed E-state index contributed by atoms with van der Waals surface area (Å²) in [5.41, 5.74) is 1.38. The number of rotatable bonds is 4. The van der Waals surface area contributed by atoms with Crippen LogP contribution in [-0.2, 0) is 16.1 Å². The molecule has 2 saturated heterocycles. The predicted molar refractivity (Wildman–Crippen MR) is 83.4 cm³/mol. The van der Waals surface area contributed by atoms with Crippen molar-refractivity contribution < 1.29 is 9.53 Å². The second-order valence-corrected chi connectivity index (χ2v) is 6.47. The molecule has 0 aliphatic carbocycles. The maximum atomic E-state index is 12.3. The van der Waals surface area contributed by atoms with Gasteiger partial charge in [-0.15, -0.1) is 0 Å². The number of hydrogen-bond donors (Lipinski definition) is 1. The maximum Gasteiger partial charge on any atom is 0.225 e. The van der Waals surface area contributed by atoms with Crippen LogP contribution in [0.2, 0.25) is 0 Å². The third-order valence-electron chi connectivity index (χ3n) is 4.12. The molecule has 116 valence electrons. The van der Waals surface area contributed by atoms with Gasteiger partial charge in [0.2, 0.25) is 5.91 Å². The number of carbonyl (C=O) groups is 1. The van der Waals surface area contributed by atoms with E-state index >= 15 is 0 Å². The summed E-state index contributed by atoms with van der Waals surface area (Å²) in [6.45, 7) is 7.01. The van der Waals surface area contributed by atoms with Crippen LogP contribution < -0.4 is 5.32 Å². The second-order valence-electron chi connectivity index (χ2n) is 5.69. The molecule has 2 fully saturated rings. The molecule has 1 atom stereocenters. The van der Waals surface area contributed by atoms with Crippen LogP contribution in [0.25, 0.3) is 0 Å². The largest absolute Gasteiger partial charge is 0.375 e. The van der Waals surface area contributed by atoms with Gasteiger partial charge in [0.25, 0.3) is 0 Å². The minimum absolute atomic E-state index is 0.0510. The van der Waals surface area contributed by atoms with Gasteiger partial charge < -0.3 is 15.0 Å². The van der Waals surface area contributed by atoms with Crippen LogP contribution in [0.15, 0.2) is 16.8 Å². The summed E-state index contributed by atoms with van der Waals surface area (Å²) in [4.78, 5) is 16.7. The van der Waals surface area contributed by atoms with Crippen LogP contribution in [0.4, 0.5) is 0 Å². The van der Waals surface area contributed by atoms with Crippen molar-refractivity contribution in [3.63, 3.8) is 0 Å². The lowest BCUT2D eigenvalue weighted by Crippen LogP contribution is -2.50. The lowest BCUT2D eigenvalue weighted by molar-refractivity contribution is -0.136. The number of amides is 1. The molecular weight excluding hydrogens is 286 g/mol. The van der Waals surface area contributed by atoms with Gasteiger partial charge in [0.1, 0.15) is 0 Å². The van der Waals surface area contributed by atoms with Crippen LogP contribution >= 0.6 is 11.3 Å². The van der Waals surface area contributed by atoms with Gasteiger partial charge in [0.05, 0.1) is 19.1 Å². The van der Waals surface area contributed by atoms with Gasteiger partial charge in [-0.2, -0.15) is 11.3 Å². The van der Waals surface area contributed by atoms with Crippen molar-refractivity contribution >= 4 is 17.2 Å². The Morgan fingerprint density at radius 1 is 1.38 bits per heavy atom. The number of piperazine rings is 1. The van der Waals surface area contributed by atoms with E-state index in [9.17, 15) is 4.79 Å². The van der Waals surface area contributed by atoms with Crippen LogP contribution in [0.3, 0.4) is 0 Å². The number of nitrogens with one attached hydrogen (secondary N) is 1. The topological polar surface area (TPSA) is 44.8 Å². The third kappa shape index (κ3) is 4.26. The highest BCUT2D eigenvalue weighted by Crippen LogP contribution is 2.13. The minimum atomic E-state index is 0.0510. The molecule has 21 heavy (non-hydrogen) atoms. The van der Waals surface area contributed by atoms with Gasteiger partial charge in [-0.3, -0.25) is 9.69 Å². The second kappa shape index (κ2) is 7.35. The van der Waals surface area contributed by atoms with Gasteiger partial charge in [-0.25, -0.2) is 0 Å². The molecule has 1 N–H and O–H groups in total. The average Bonchev–Trinajstić information content (AvgIpc) is 3.02. The number of morpholine rings is 1. The molecule has 1 unspecified atom stereocenters. The molecule has 3 rings (SSSR count). The normalized spacial score (nSPS) is 24.2. The number of carbonyl (C=O) groups excluding carboxylic acids is 1. The van der Waals surface area contributed by atoms with Crippen LogP contribution in [0, 0.1) is 0 Å². The number of nitrogens with zero attached hydrogens (tertiary/aromatic N) is 2. The zero-order valence-electron chi connectivity index (χ0n) is 12.3. The summed E-state index contributed by atoms with van der Waals surface area (Å²) in [6, 6.07) is 2.18. The van der Waals surface area contributed by atoms with E-state index in [1.807, 2.05) is 4.90 Å². The van der Waals surface area contributed by atoms with Crippen molar-refractivity contribution in [1.29, 1.82) is 0 Å². The summed E-state index contributed by atoms with van der Waals surface area (Å²) in [5, 5.41) is 7.59. The Kier molecular flexibility index (Phi) is 5.24. The third-order valence-corrected chi connectivity index (χ3v) is 4.85. The molecule has 0 aromatic carbocycles. The van der Waals surface area contributed by atoms with Crippen molar-refractivity contribution in [3.05, 3.63) is 22.4 Å². The predicted octanol–water partition coefficient (Wildman–Crippen LogP) is 0.771. The van der Waals surface area contributed by atoms with Crippen LogP contribution in [0.1, 0.15) is 12.0 Å². The van der Waals surface area contributed by atoms with E-state index in [4.69, 9.17) is 4.74 Å². The van der Waals surface area contributed by atoms with E-state index in [0.29, 0.717) is 13.0 Å². The van der Waals surface area contributed by atoms with Crippen LogP contribution in [-0.4, -0.2) is 67.7 Å². The number of ether oxygens (including phenoxy) is 1. The van der Waals surface area contributed by atoms with Gasteiger partial charge in [0, 0.05) is 45.8 Å². The molecule has 1 amide bonds. The first kappa shape index (κ1) is 15.0. The molecule has 0 spiro atoms. The average molecular weight is 309 g/mol.